The van der Waals surface area contributed by atoms with Crippen molar-refractivity contribution < 1.29 is 31.9 Å². The van der Waals surface area contributed by atoms with Crippen molar-refractivity contribution in [2.75, 3.05) is 23.3 Å². The molecule has 1 N–H and O–H groups in total. The molecule has 2 aromatic carbocycles. The van der Waals surface area contributed by atoms with Crippen molar-refractivity contribution in [3.8, 4) is 5.75 Å². The number of amides is 1. The Morgan fingerprint density at radius 3 is 2.42 bits per heavy atom. The number of benzene rings is 2. The Labute approximate surface area is 229 Å². The number of thiazole rings is 1. The summed E-state index contributed by atoms with van der Waals surface area (Å²) in [5.74, 6) is -1.75. The van der Waals surface area contributed by atoms with E-state index in [0.717, 1.165) is 33.8 Å². The number of nitrogens with zero attached hydrogens (tertiary/aromatic N) is 2. The van der Waals surface area contributed by atoms with Gasteiger partial charge >= 0.3 is 5.97 Å². The van der Waals surface area contributed by atoms with Gasteiger partial charge in [0.1, 0.15) is 21.9 Å². The Balaban J connectivity index is 2.05. The SMILES string of the molecule is COc1ccc(CN(c2scnc2C(=O)OCC(C)C)S(=O)(=O)c2ccc(NC(=O)C(C)Cl)c(F)c2)cc1. The average molecular weight is 584 g/mol. The van der Waals surface area contributed by atoms with E-state index in [-0.39, 0.29) is 35.5 Å². The second-order valence-corrected chi connectivity index (χ2v) is 12.0. The van der Waals surface area contributed by atoms with Crippen LogP contribution in [0, 0.1) is 11.7 Å². The largest absolute Gasteiger partial charge is 0.497 e. The second kappa shape index (κ2) is 12.5. The molecule has 0 saturated heterocycles. The van der Waals surface area contributed by atoms with Crippen molar-refractivity contribution >= 4 is 55.5 Å². The van der Waals surface area contributed by atoms with Gasteiger partial charge < -0.3 is 14.8 Å². The van der Waals surface area contributed by atoms with E-state index in [2.05, 4.69) is 10.3 Å². The van der Waals surface area contributed by atoms with Crippen molar-refractivity contribution in [3.05, 3.63) is 65.0 Å². The zero-order valence-electron chi connectivity index (χ0n) is 21.1. The van der Waals surface area contributed by atoms with Crippen LogP contribution in [0.5, 0.6) is 5.75 Å². The van der Waals surface area contributed by atoms with Gasteiger partial charge in [0.05, 0.1) is 36.4 Å². The molecule has 0 saturated carbocycles. The number of halogens is 2. The molecular weight excluding hydrogens is 557 g/mol. The first-order valence-electron chi connectivity index (χ1n) is 11.4. The molecule has 204 valence electrons. The topological polar surface area (TPSA) is 115 Å². The van der Waals surface area contributed by atoms with Gasteiger partial charge in [0.2, 0.25) is 5.91 Å². The quantitative estimate of drug-likeness (QED) is 0.248. The van der Waals surface area contributed by atoms with Crippen LogP contribution >= 0.6 is 22.9 Å². The lowest BCUT2D eigenvalue weighted by Gasteiger charge is -2.24. The number of aromatic nitrogens is 1. The molecule has 3 aromatic rings. The minimum atomic E-state index is -4.42. The summed E-state index contributed by atoms with van der Waals surface area (Å²) in [7, 11) is -2.92. The predicted octanol–water partition coefficient (Wildman–Crippen LogP) is 5.06. The first-order chi connectivity index (χ1) is 17.9. The van der Waals surface area contributed by atoms with Gasteiger partial charge in [-0.05, 0) is 48.7 Å². The van der Waals surface area contributed by atoms with Crippen LogP contribution in [0.1, 0.15) is 36.8 Å². The number of sulfonamides is 1. The molecule has 9 nitrogen and oxygen atoms in total. The van der Waals surface area contributed by atoms with Gasteiger partial charge in [-0.3, -0.25) is 9.10 Å². The van der Waals surface area contributed by atoms with E-state index in [0.29, 0.717) is 11.3 Å². The number of alkyl halides is 1. The molecule has 1 unspecified atom stereocenters. The Morgan fingerprint density at radius 1 is 1.16 bits per heavy atom. The maximum atomic E-state index is 14.9. The Bertz CT molecular complexity index is 1390. The Hall–Kier alpha value is -3.22. The number of carbonyl (C=O) groups excluding carboxylic acids is 2. The van der Waals surface area contributed by atoms with Gasteiger partial charge in [-0.2, -0.15) is 0 Å². The second-order valence-electron chi connectivity index (χ2n) is 8.61. The molecule has 0 aliphatic rings. The lowest BCUT2D eigenvalue weighted by molar-refractivity contribution is -0.115. The van der Waals surface area contributed by atoms with Crippen LogP contribution in [0.4, 0.5) is 15.1 Å². The van der Waals surface area contributed by atoms with Gasteiger partial charge in [-0.1, -0.05) is 26.0 Å². The first kappa shape index (κ1) is 29.3. The van der Waals surface area contributed by atoms with Crippen molar-refractivity contribution in [1.29, 1.82) is 0 Å². The average Bonchev–Trinajstić information content (AvgIpc) is 3.36. The summed E-state index contributed by atoms with van der Waals surface area (Å²) in [6.45, 7) is 5.08. The maximum Gasteiger partial charge on any atom is 0.360 e. The number of carbonyl (C=O) groups is 2. The zero-order chi connectivity index (χ0) is 28.0. The van der Waals surface area contributed by atoms with Crippen LogP contribution in [-0.2, 0) is 26.1 Å². The lowest BCUT2D eigenvalue weighted by atomic mass is 10.2. The van der Waals surface area contributed by atoms with Crippen LogP contribution in [0.15, 0.2) is 52.9 Å². The summed E-state index contributed by atoms with van der Waals surface area (Å²) in [6, 6.07) is 9.76. The van der Waals surface area contributed by atoms with E-state index in [1.54, 1.807) is 24.3 Å². The van der Waals surface area contributed by atoms with Crippen molar-refractivity contribution in [1.82, 2.24) is 4.98 Å². The number of nitrogens with one attached hydrogen (secondary N) is 1. The molecule has 0 spiro atoms. The normalized spacial score (nSPS) is 12.2. The molecule has 13 heteroatoms. The van der Waals surface area contributed by atoms with Crippen molar-refractivity contribution in [2.45, 2.75) is 37.6 Å². The Kier molecular flexibility index (Phi) is 9.69. The molecule has 1 amide bonds. The standard InChI is InChI=1S/C25H27ClFN3O6S2/c1-15(2)13-36-25(32)22-24(37-14-28-22)30(12-17-5-7-18(35-4)8-6-17)38(33,34)19-9-10-21(20(27)11-19)29-23(31)16(3)26/h5-11,14-16H,12-13H2,1-4H3,(H,29,31). The Morgan fingerprint density at radius 2 is 1.84 bits per heavy atom. The van der Waals surface area contributed by atoms with Crippen molar-refractivity contribution in [3.63, 3.8) is 0 Å². The molecule has 0 aliphatic carbocycles. The van der Waals surface area contributed by atoms with Crippen molar-refractivity contribution in [2.24, 2.45) is 5.92 Å². The first-order valence-corrected chi connectivity index (χ1v) is 14.2. The summed E-state index contributed by atoms with van der Waals surface area (Å²) < 4.78 is 54.0. The van der Waals surface area contributed by atoms with E-state index in [9.17, 15) is 22.4 Å². The predicted molar refractivity (Wildman–Crippen MR) is 144 cm³/mol. The van der Waals surface area contributed by atoms with Crippen LogP contribution in [-0.4, -0.2) is 44.4 Å². The fourth-order valence-corrected chi connectivity index (χ4v) is 5.68. The third-order valence-corrected chi connectivity index (χ3v) is 8.05. The highest BCUT2D eigenvalue weighted by atomic mass is 35.5. The minimum absolute atomic E-state index is 0.0170. The molecule has 1 atom stereocenters. The summed E-state index contributed by atoms with van der Waals surface area (Å²) in [6.07, 6.45) is 0. The lowest BCUT2D eigenvalue weighted by Crippen LogP contribution is -2.31. The van der Waals surface area contributed by atoms with Crippen LogP contribution in [0.3, 0.4) is 0 Å². The zero-order valence-corrected chi connectivity index (χ0v) is 23.5. The van der Waals surface area contributed by atoms with E-state index >= 15 is 0 Å². The van der Waals surface area contributed by atoms with E-state index in [1.165, 1.54) is 19.5 Å². The number of hydrogen-bond donors (Lipinski definition) is 1. The molecule has 0 aliphatic heterocycles. The highest BCUT2D eigenvalue weighted by molar-refractivity contribution is 7.93. The molecule has 0 fully saturated rings. The fraction of sp³-hybridized carbons (Fsp3) is 0.320. The molecule has 0 bridgehead atoms. The monoisotopic (exact) mass is 583 g/mol. The summed E-state index contributed by atoms with van der Waals surface area (Å²) in [5, 5.41) is 1.41. The van der Waals surface area contributed by atoms with E-state index < -0.39 is 38.0 Å². The molecule has 0 radical (unpaired) electrons. The number of rotatable bonds is 11. The fourth-order valence-electron chi connectivity index (χ4n) is 3.15. The van der Waals surface area contributed by atoms with Crippen LogP contribution in [0.25, 0.3) is 0 Å². The third-order valence-electron chi connectivity index (χ3n) is 5.15. The highest BCUT2D eigenvalue weighted by Gasteiger charge is 2.32. The number of anilines is 2. The molecule has 3 rings (SSSR count). The minimum Gasteiger partial charge on any atom is -0.497 e. The number of methoxy groups -OCH3 is 1. The number of hydrogen-bond acceptors (Lipinski definition) is 8. The van der Waals surface area contributed by atoms with E-state index in [4.69, 9.17) is 21.1 Å². The van der Waals surface area contributed by atoms with Gasteiger partial charge in [0.25, 0.3) is 10.0 Å². The summed E-state index contributed by atoms with van der Waals surface area (Å²) in [5.41, 5.74) is 1.52. The number of esters is 1. The molecular formula is C25H27ClFN3O6S2. The highest BCUT2D eigenvalue weighted by Crippen LogP contribution is 2.34. The van der Waals surface area contributed by atoms with E-state index in [1.807, 2.05) is 13.8 Å². The molecule has 1 heterocycles. The number of ether oxygens (including phenoxy) is 2. The van der Waals surface area contributed by atoms with Crippen LogP contribution < -0.4 is 14.4 Å². The maximum absolute atomic E-state index is 14.9. The van der Waals surface area contributed by atoms with Gasteiger partial charge in [0, 0.05) is 0 Å². The van der Waals surface area contributed by atoms with Gasteiger partial charge in [-0.15, -0.1) is 22.9 Å². The summed E-state index contributed by atoms with van der Waals surface area (Å²) in [4.78, 5) is 28.3. The van der Waals surface area contributed by atoms with Gasteiger partial charge in [-0.25, -0.2) is 22.6 Å². The smallest absolute Gasteiger partial charge is 0.360 e. The molecule has 38 heavy (non-hydrogen) atoms. The third kappa shape index (κ3) is 7.00. The molecule has 1 aromatic heterocycles. The summed E-state index contributed by atoms with van der Waals surface area (Å²) >= 11 is 6.65. The van der Waals surface area contributed by atoms with Crippen LogP contribution in [0.2, 0.25) is 0 Å². The van der Waals surface area contributed by atoms with Gasteiger partial charge in [0.15, 0.2) is 5.69 Å².